The lowest BCUT2D eigenvalue weighted by Crippen LogP contribution is -2.65. The second kappa shape index (κ2) is 14.6. The third-order valence-electron chi connectivity index (χ3n) is 9.04. The molecule has 0 spiro atoms. The number of aliphatic hydroxyl groups is 7. The van der Waals surface area contributed by atoms with E-state index in [1.807, 2.05) is 0 Å². The third-order valence-corrected chi connectivity index (χ3v) is 9.04. The van der Waals surface area contributed by atoms with Crippen LogP contribution in [-0.4, -0.2) is 140 Å². The number of phenols is 1. The molecule has 16 nitrogen and oxygen atoms in total. The molecule has 16 heteroatoms. The fourth-order valence-electron chi connectivity index (χ4n) is 6.29. The molecule has 2 saturated heterocycles. The summed E-state index contributed by atoms with van der Waals surface area (Å²) in [5.74, 6) is -2.66. The molecular weight excluding hydrogens is 616 g/mol. The summed E-state index contributed by atoms with van der Waals surface area (Å²) in [4.78, 5) is 25.8. The number of aliphatic hydroxyl groups excluding tert-OH is 7. The molecule has 0 aromatic heterocycles. The molecule has 0 radical (unpaired) electrons. The van der Waals surface area contributed by atoms with E-state index in [9.17, 15) is 50.4 Å². The average Bonchev–Trinajstić information content (AvgIpc) is 3.35. The van der Waals surface area contributed by atoms with Crippen LogP contribution in [0.4, 0.5) is 0 Å². The van der Waals surface area contributed by atoms with E-state index in [1.54, 1.807) is 19.1 Å². The van der Waals surface area contributed by atoms with Crippen LogP contribution in [-0.2, 0) is 44.4 Å². The van der Waals surface area contributed by atoms with E-state index in [0.717, 1.165) is 11.8 Å². The molecule has 5 rings (SSSR count). The van der Waals surface area contributed by atoms with Gasteiger partial charge in [-0.3, -0.25) is 4.79 Å². The van der Waals surface area contributed by atoms with Crippen molar-refractivity contribution in [3.63, 3.8) is 0 Å². The number of phenolic OH excluding ortho intramolecular Hbond substituents is 1. The Morgan fingerprint density at radius 3 is 2.15 bits per heavy atom. The minimum atomic E-state index is -1.82. The van der Waals surface area contributed by atoms with E-state index in [4.69, 9.17) is 28.4 Å². The monoisotopic (exact) mass is 656 g/mol. The molecular formula is C30H40O16. The average molecular weight is 657 g/mol. The van der Waals surface area contributed by atoms with Gasteiger partial charge in [0.25, 0.3) is 0 Å². The molecule has 0 unspecified atom stereocenters. The second-order valence-electron chi connectivity index (χ2n) is 11.9. The van der Waals surface area contributed by atoms with Gasteiger partial charge < -0.3 is 69.3 Å². The SMILES string of the molecule is C[C@H]1C(=O)C[C@@H]2C(C(=O)OCCc3ccc(O)cc3)=CO[C@@H](O[C@@H]3O[C@H](CO)[C@@H](O[C@@H]4O[C@H](CO)[C@@H](O)[C@H](O)[C@H]4O)[C@H](O)[C@H]3O)[C@@H]21. The predicted octanol–water partition coefficient (Wildman–Crippen LogP) is -2.80. The first-order valence-electron chi connectivity index (χ1n) is 15.0. The molecule has 46 heavy (non-hydrogen) atoms. The Morgan fingerprint density at radius 1 is 0.848 bits per heavy atom. The predicted molar refractivity (Wildman–Crippen MR) is 149 cm³/mol. The zero-order valence-corrected chi connectivity index (χ0v) is 24.8. The van der Waals surface area contributed by atoms with Gasteiger partial charge in [0.15, 0.2) is 12.6 Å². The minimum absolute atomic E-state index is 0.0128. The number of carbonyl (C=O) groups excluding carboxylic acids is 2. The van der Waals surface area contributed by atoms with Gasteiger partial charge in [-0.15, -0.1) is 0 Å². The van der Waals surface area contributed by atoms with Crippen LogP contribution in [0.25, 0.3) is 0 Å². The summed E-state index contributed by atoms with van der Waals surface area (Å²) in [6, 6.07) is 6.44. The third kappa shape index (κ3) is 6.93. The smallest absolute Gasteiger partial charge is 0.337 e. The Balaban J connectivity index is 1.24. The number of ether oxygens (including phenoxy) is 6. The fourth-order valence-corrected chi connectivity index (χ4v) is 6.29. The number of rotatable bonds is 10. The van der Waals surface area contributed by atoms with Crippen LogP contribution in [0, 0.1) is 17.8 Å². The molecule has 14 atom stereocenters. The van der Waals surface area contributed by atoms with Crippen molar-refractivity contribution in [1.82, 2.24) is 0 Å². The number of esters is 1. The topological polar surface area (TPSA) is 251 Å². The first-order valence-corrected chi connectivity index (χ1v) is 15.0. The molecule has 3 heterocycles. The van der Waals surface area contributed by atoms with Crippen LogP contribution < -0.4 is 0 Å². The zero-order chi connectivity index (χ0) is 33.3. The highest BCUT2D eigenvalue weighted by atomic mass is 16.8. The van der Waals surface area contributed by atoms with Crippen LogP contribution in [0.5, 0.6) is 5.75 Å². The maximum absolute atomic E-state index is 13.0. The summed E-state index contributed by atoms with van der Waals surface area (Å²) in [7, 11) is 0. The van der Waals surface area contributed by atoms with Crippen molar-refractivity contribution >= 4 is 11.8 Å². The van der Waals surface area contributed by atoms with Crippen molar-refractivity contribution in [3.05, 3.63) is 41.7 Å². The quantitative estimate of drug-likeness (QED) is 0.118. The van der Waals surface area contributed by atoms with Crippen molar-refractivity contribution in [2.24, 2.45) is 17.8 Å². The van der Waals surface area contributed by atoms with Crippen molar-refractivity contribution in [2.45, 2.75) is 87.5 Å². The number of carbonyl (C=O) groups is 2. The van der Waals surface area contributed by atoms with Crippen LogP contribution >= 0.6 is 0 Å². The Morgan fingerprint density at radius 2 is 1.48 bits per heavy atom. The largest absolute Gasteiger partial charge is 0.508 e. The highest BCUT2D eigenvalue weighted by Crippen LogP contribution is 2.46. The van der Waals surface area contributed by atoms with E-state index in [1.165, 1.54) is 12.1 Å². The Hall–Kier alpha value is -2.74. The highest BCUT2D eigenvalue weighted by molar-refractivity contribution is 5.93. The van der Waals surface area contributed by atoms with Crippen molar-refractivity contribution in [2.75, 3.05) is 19.8 Å². The minimum Gasteiger partial charge on any atom is -0.508 e. The number of ketones is 1. The summed E-state index contributed by atoms with van der Waals surface area (Å²) >= 11 is 0. The van der Waals surface area contributed by atoms with Crippen molar-refractivity contribution < 1.29 is 78.9 Å². The van der Waals surface area contributed by atoms with Gasteiger partial charge in [0.2, 0.25) is 6.29 Å². The summed E-state index contributed by atoms with van der Waals surface area (Å²) in [5.41, 5.74) is 0.977. The summed E-state index contributed by atoms with van der Waals surface area (Å²) in [5, 5.41) is 81.2. The van der Waals surface area contributed by atoms with Crippen molar-refractivity contribution in [3.8, 4) is 5.75 Å². The van der Waals surface area contributed by atoms with Crippen LogP contribution in [0.1, 0.15) is 18.9 Å². The normalized spacial score (nSPS) is 41.0. The molecule has 1 aromatic rings. The molecule has 3 fully saturated rings. The van der Waals surface area contributed by atoms with E-state index in [0.29, 0.717) is 6.42 Å². The van der Waals surface area contributed by atoms with E-state index >= 15 is 0 Å². The van der Waals surface area contributed by atoms with Gasteiger partial charge in [-0.2, -0.15) is 0 Å². The number of hydrogen-bond donors (Lipinski definition) is 8. The van der Waals surface area contributed by atoms with E-state index < -0.39 is 105 Å². The molecule has 1 aromatic carbocycles. The molecule has 8 N–H and O–H groups in total. The number of benzene rings is 1. The summed E-state index contributed by atoms with van der Waals surface area (Å²) < 4.78 is 33.6. The van der Waals surface area contributed by atoms with Gasteiger partial charge in [0, 0.05) is 30.6 Å². The lowest BCUT2D eigenvalue weighted by atomic mass is 9.83. The zero-order valence-electron chi connectivity index (χ0n) is 24.8. The Bertz CT molecular complexity index is 1240. The molecule has 0 bridgehead atoms. The lowest BCUT2D eigenvalue weighted by molar-refractivity contribution is -0.374. The Kier molecular flexibility index (Phi) is 11.0. The molecule has 256 valence electrons. The number of fused-ring (bicyclic) bond motifs is 1. The second-order valence-corrected chi connectivity index (χ2v) is 11.9. The van der Waals surface area contributed by atoms with Crippen LogP contribution in [0.2, 0.25) is 0 Å². The number of Topliss-reactive ketones (excluding diaryl/α,β-unsaturated/α-hetero) is 1. The first-order chi connectivity index (χ1) is 21.9. The van der Waals surface area contributed by atoms with Gasteiger partial charge in [-0.05, 0) is 17.7 Å². The maximum atomic E-state index is 13.0. The number of aromatic hydroxyl groups is 1. The van der Waals surface area contributed by atoms with Gasteiger partial charge >= 0.3 is 5.97 Å². The Labute approximate surface area is 263 Å². The molecule has 3 aliphatic heterocycles. The molecule has 1 saturated carbocycles. The number of hydrogen-bond acceptors (Lipinski definition) is 16. The maximum Gasteiger partial charge on any atom is 0.337 e. The highest BCUT2D eigenvalue weighted by Gasteiger charge is 2.55. The van der Waals surface area contributed by atoms with Gasteiger partial charge in [0.05, 0.1) is 31.7 Å². The van der Waals surface area contributed by atoms with Crippen molar-refractivity contribution in [1.29, 1.82) is 0 Å². The first kappa shape index (κ1) is 34.6. The van der Waals surface area contributed by atoms with Gasteiger partial charge in [0.1, 0.15) is 60.4 Å². The molecule has 0 amide bonds. The van der Waals surface area contributed by atoms with Gasteiger partial charge in [-0.1, -0.05) is 19.1 Å². The van der Waals surface area contributed by atoms with E-state index in [2.05, 4.69) is 0 Å². The van der Waals surface area contributed by atoms with Gasteiger partial charge in [-0.25, -0.2) is 4.79 Å². The summed E-state index contributed by atoms with van der Waals surface area (Å²) in [6.45, 7) is 0.198. The lowest BCUT2D eigenvalue weighted by Gasteiger charge is -2.46. The van der Waals surface area contributed by atoms with Crippen LogP contribution in [0.3, 0.4) is 0 Å². The fraction of sp³-hybridized carbons (Fsp3) is 0.667. The summed E-state index contributed by atoms with van der Waals surface area (Å²) in [6.07, 6.45) is -16.0. The molecule has 1 aliphatic carbocycles. The standard InChI is InChI=1S/C30H40O16/c1-12-17(34)8-15-16(27(40)41-7-6-13-2-4-14(33)5-3-13)11-42-28(20(12)15)46-30-25(39)23(37)26(19(10-32)44-30)45-29-24(38)22(36)21(35)18(9-31)43-29/h2-5,11-12,15,18-26,28-33,35-39H,6-10H2,1H3/t12-,15+,18+,19+,20+,21+,22-,23+,24+,25+,26+,28-,29-,30-/m0/s1. The van der Waals surface area contributed by atoms with Crippen LogP contribution in [0.15, 0.2) is 36.1 Å². The molecule has 4 aliphatic rings. The van der Waals surface area contributed by atoms with E-state index in [-0.39, 0.29) is 30.1 Å².